The highest BCUT2D eigenvalue weighted by atomic mass is 16.5. The van der Waals surface area contributed by atoms with Crippen LogP contribution in [-0.2, 0) is 0 Å². The van der Waals surface area contributed by atoms with Gasteiger partial charge in [-0.3, -0.25) is 0 Å². The summed E-state index contributed by atoms with van der Waals surface area (Å²) in [5.74, 6) is 3.64. The maximum absolute atomic E-state index is 6.32. The summed E-state index contributed by atoms with van der Waals surface area (Å²) in [6.07, 6.45) is 2.59. The van der Waals surface area contributed by atoms with Crippen LogP contribution < -0.4 is 25.8 Å². The second kappa shape index (κ2) is 5.66. The predicted molar refractivity (Wildman–Crippen MR) is 93.5 cm³/mol. The summed E-state index contributed by atoms with van der Waals surface area (Å²) < 4.78 is 10.7. The van der Waals surface area contributed by atoms with E-state index in [1.807, 2.05) is 12.1 Å². The van der Waals surface area contributed by atoms with E-state index in [0.29, 0.717) is 29.2 Å². The minimum absolute atomic E-state index is 0.184. The molecule has 0 spiro atoms. The van der Waals surface area contributed by atoms with Crippen LogP contribution in [0.5, 0.6) is 11.5 Å². The Balaban J connectivity index is 1.72. The Bertz CT molecular complexity index is 777. The SMILES string of the molecule is COc1cc2nc(N3C[C@H](C4CC4)[C@@H](N)C3)nc(N)c2cc1OC. The van der Waals surface area contributed by atoms with Crippen molar-refractivity contribution in [2.45, 2.75) is 18.9 Å². The minimum Gasteiger partial charge on any atom is -0.493 e. The summed E-state index contributed by atoms with van der Waals surface area (Å²) in [5, 5.41) is 0.763. The van der Waals surface area contributed by atoms with Gasteiger partial charge in [0, 0.05) is 30.6 Å². The van der Waals surface area contributed by atoms with Crippen molar-refractivity contribution in [3.8, 4) is 11.5 Å². The zero-order valence-corrected chi connectivity index (χ0v) is 14.0. The molecule has 0 amide bonds. The number of nitrogens with two attached hydrogens (primary N) is 2. The second-order valence-corrected chi connectivity index (χ2v) is 6.70. The molecule has 2 heterocycles. The fraction of sp³-hybridized carbons (Fsp3) is 0.529. The van der Waals surface area contributed by atoms with E-state index in [4.69, 9.17) is 25.9 Å². The third-order valence-corrected chi connectivity index (χ3v) is 5.14. The maximum atomic E-state index is 6.32. The summed E-state index contributed by atoms with van der Waals surface area (Å²) in [6.45, 7) is 1.68. The molecule has 2 aliphatic rings. The van der Waals surface area contributed by atoms with Gasteiger partial charge in [-0.25, -0.2) is 4.98 Å². The first-order valence-electron chi connectivity index (χ1n) is 8.30. The Morgan fingerprint density at radius 3 is 2.46 bits per heavy atom. The number of aromatic nitrogens is 2. The molecular weight excluding hydrogens is 306 g/mol. The van der Waals surface area contributed by atoms with Crippen LogP contribution in [0.4, 0.5) is 11.8 Å². The van der Waals surface area contributed by atoms with E-state index in [9.17, 15) is 0 Å². The lowest BCUT2D eigenvalue weighted by atomic mass is 9.99. The first-order valence-corrected chi connectivity index (χ1v) is 8.30. The van der Waals surface area contributed by atoms with Crippen LogP contribution in [0.25, 0.3) is 10.9 Å². The Morgan fingerprint density at radius 2 is 1.79 bits per heavy atom. The second-order valence-electron chi connectivity index (χ2n) is 6.70. The van der Waals surface area contributed by atoms with Gasteiger partial charge in [-0.05, 0) is 30.7 Å². The number of nitrogen functional groups attached to an aromatic ring is 1. The lowest BCUT2D eigenvalue weighted by Crippen LogP contribution is -2.30. The van der Waals surface area contributed by atoms with E-state index in [0.717, 1.165) is 29.9 Å². The lowest BCUT2D eigenvalue weighted by Gasteiger charge is -2.18. The number of anilines is 2. The number of nitrogens with zero attached hydrogens (tertiary/aromatic N) is 3. The van der Waals surface area contributed by atoms with Crippen LogP contribution in [0.1, 0.15) is 12.8 Å². The van der Waals surface area contributed by atoms with E-state index in [2.05, 4.69) is 9.88 Å². The fourth-order valence-corrected chi connectivity index (χ4v) is 3.65. The highest BCUT2D eigenvalue weighted by molar-refractivity contribution is 5.91. The van der Waals surface area contributed by atoms with Crippen LogP contribution in [0, 0.1) is 11.8 Å². The molecule has 2 atom stereocenters. The number of benzene rings is 1. The molecule has 1 aromatic heterocycles. The van der Waals surface area contributed by atoms with Crippen LogP contribution in [0.3, 0.4) is 0 Å². The van der Waals surface area contributed by atoms with Gasteiger partial charge in [-0.15, -0.1) is 0 Å². The molecule has 24 heavy (non-hydrogen) atoms. The highest BCUT2D eigenvalue weighted by Gasteiger charge is 2.41. The molecule has 7 heteroatoms. The molecule has 2 aromatic rings. The Morgan fingerprint density at radius 1 is 1.08 bits per heavy atom. The van der Waals surface area contributed by atoms with E-state index < -0.39 is 0 Å². The summed E-state index contributed by atoms with van der Waals surface area (Å²) in [5.41, 5.74) is 13.2. The molecule has 0 bridgehead atoms. The van der Waals surface area contributed by atoms with E-state index >= 15 is 0 Å². The van der Waals surface area contributed by atoms with Gasteiger partial charge in [-0.1, -0.05) is 0 Å². The van der Waals surface area contributed by atoms with Gasteiger partial charge in [0.1, 0.15) is 5.82 Å². The van der Waals surface area contributed by atoms with E-state index in [1.165, 1.54) is 12.8 Å². The summed E-state index contributed by atoms with van der Waals surface area (Å²) in [4.78, 5) is 11.4. The van der Waals surface area contributed by atoms with Crippen molar-refractivity contribution in [3.05, 3.63) is 12.1 Å². The zero-order valence-electron chi connectivity index (χ0n) is 14.0. The summed E-state index contributed by atoms with van der Waals surface area (Å²) in [7, 11) is 3.20. The number of hydrogen-bond acceptors (Lipinski definition) is 7. The normalized spacial score (nSPS) is 23.7. The molecule has 1 aliphatic carbocycles. The van der Waals surface area contributed by atoms with Crippen molar-refractivity contribution in [1.29, 1.82) is 0 Å². The smallest absolute Gasteiger partial charge is 0.227 e. The summed E-state index contributed by atoms with van der Waals surface area (Å²) in [6, 6.07) is 3.84. The van der Waals surface area contributed by atoms with Gasteiger partial charge in [0.05, 0.1) is 19.7 Å². The summed E-state index contributed by atoms with van der Waals surface area (Å²) >= 11 is 0. The first-order chi connectivity index (χ1) is 11.6. The molecule has 128 valence electrons. The van der Waals surface area contributed by atoms with Gasteiger partial charge >= 0.3 is 0 Å². The number of hydrogen-bond donors (Lipinski definition) is 2. The molecular formula is C17H23N5O2. The Labute approximate surface area is 140 Å². The topological polar surface area (TPSA) is 99.5 Å². The minimum atomic E-state index is 0.184. The largest absolute Gasteiger partial charge is 0.493 e. The van der Waals surface area contributed by atoms with Crippen molar-refractivity contribution in [2.75, 3.05) is 37.9 Å². The third-order valence-electron chi connectivity index (χ3n) is 5.14. The number of fused-ring (bicyclic) bond motifs is 1. The Hall–Kier alpha value is -2.28. The number of rotatable bonds is 4. The quantitative estimate of drug-likeness (QED) is 0.874. The average molecular weight is 329 g/mol. The molecule has 4 rings (SSSR count). The number of methoxy groups -OCH3 is 2. The average Bonchev–Trinajstić information content (AvgIpc) is 3.35. The monoisotopic (exact) mass is 329 g/mol. The molecule has 2 fully saturated rings. The van der Waals surface area contributed by atoms with Crippen molar-refractivity contribution < 1.29 is 9.47 Å². The van der Waals surface area contributed by atoms with Crippen molar-refractivity contribution in [3.63, 3.8) is 0 Å². The van der Waals surface area contributed by atoms with E-state index in [1.54, 1.807) is 14.2 Å². The Kier molecular flexibility index (Phi) is 3.60. The number of ether oxygens (including phenoxy) is 2. The zero-order chi connectivity index (χ0) is 16.8. The lowest BCUT2D eigenvalue weighted by molar-refractivity contribution is 0.356. The van der Waals surface area contributed by atoms with Crippen molar-refractivity contribution in [2.24, 2.45) is 17.6 Å². The van der Waals surface area contributed by atoms with Gasteiger partial charge in [0.2, 0.25) is 5.95 Å². The van der Waals surface area contributed by atoms with Gasteiger partial charge in [0.15, 0.2) is 11.5 Å². The standard InChI is InChI=1S/C17H23N5O2/c1-23-14-5-10-13(6-15(14)24-2)20-17(21-16(10)19)22-7-11(9-3-4-9)12(18)8-22/h5-6,9,11-12H,3-4,7-8,18H2,1-2H3,(H2,19,20,21)/t11-,12+/m1/s1. The molecule has 0 radical (unpaired) electrons. The molecule has 1 saturated heterocycles. The first kappa shape index (κ1) is 15.3. The fourth-order valence-electron chi connectivity index (χ4n) is 3.65. The third kappa shape index (κ3) is 2.49. The molecule has 1 saturated carbocycles. The van der Waals surface area contributed by atoms with Crippen LogP contribution in [0.2, 0.25) is 0 Å². The van der Waals surface area contributed by atoms with Crippen LogP contribution in [0.15, 0.2) is 12.1 Å². The van der Waals surface area contributed by atoms with E-state index in [-0.39, 0.29) is 6.04 Å². The van der Waals surface area contributed by atoms with Gasteiger partial charge in [0.25, 0.3) is 0 Å². The van der Waals surface area contributed by atoms with Crippen molar-refractivity contribution in [1.82, 2.24) is 9.97 Å². The van der Waals surface area contributed by atoms with Crippen LogP contribution >= 0.6 is 0 Å². The molecule has 7 nitrogen and oxygen atoms in total. The highest BCUT2D eigenvalue weighted by Crippen LogP contribution is 2.42. The predicted octanol–water partition coefficient (Wildman–Crippen LogP) is 1.40. The molecule has 4 N–H and O–H groups in total. The van der Waals surface area contributed by atoms with Crippen LogP contribution in [-0.4, -0.2) is 43.3 Å². The van der Waals surface area contributed by atoms with Gasteiger partial charge < -0.3 is 25.8 Å². The van der Waals surface area contributed by atoms with Crippen molar-refractivity contribution >= 4 is 22.7 Å². The molecule has 1 aromatic carbocycles. The molecule has 1 aliphatic heterocycles. The maximum Gasteiger partial charge on any atom is 0.227 e. The molecule has 0 unspecified atom stereocenters. The van der Waals surface area contributed by atoms with Gasteiger partial charge in [-0.2, -0.15) is 4.98 Å².